The van der Waals surface area contributed by atoms with Gasteiger partial charge in [-0.15, -0.1) is 0 Å². The average Bonchev–Trinajstić information content (AvgIpc) is 3.12. The Balaban J connectivity index is 1.31. The summed E-state index contributed by atoms with van der Waals surface area (Å²) in [6, 6.07) is 14.4. The highest BCUT2D eigenvalue weighted by molar-refractivity contribution is 5.95. The molecule has 2 aromatic carbocycles. The lowest BCUT2D eigenvalue weighted by atomic mass is 9.97. The predicted octanol–water partition coefficient (Wildman–Crippen LogP) is 3.45. The van der Waals surface area contributed by atoms with Gasteiger partial charge in [-0.1, -0.05) is 37.1 Å². The third-order valence-corrected chi connectivity index (χ3v) is 5.43. The lowest BCUT2D eigenvalue weighted by molar-refractivity contribution is 0.0696. The summed E-state index contributed by atoms with van der Waals surface area (Å²) >= 11 is 0. The van der Waals surface area contributed by atoms with Crippen LogP contribution in [0.2, 0.25) is 0 Å². The van der Waals surface area contributed by atoms with Crippen LogP contribution >= 0.6 is 0 Å². The molecule has 1 aliphatic carbocycles. The number of fused-ring (bicyclic) bond motifs is 1. The van der Waals surface area contributed by atoms with Gasteiger partial charge in [-0.2, -0.15) is 0 Å². The van der Waals surface area contributed by atoms with Crippen LogP contribution in [-0.4, -0.2) is 34.7 Å². The van der Waals surface area contributed by atoms with Crippen LogP contribution in [0.5, 0.6) is 0 Å². The highest BCUT2D eigenvalue weighted by Gasteiger charge is 2.20. The van der Waals surface area contributed by atoms with E-state index in [2.05, 4.69) is 29.6 Å². The maximum Gasteiger partial charge on any atom is 0.335 e. The van der Waals surface area contributed by atoms with Gasteiger partial charge in [0, 0.05) is 12.1 Å². The van der Waals surface area contributed by atoms with Gasteiger partial charge in [-0.05, 0) is 67.0 Å². The zero-order valence-corrected chi connectivity index (χ0v) is 15.9. The number of carboxylic acid groups (broad SMARTS) is 1. The van der Waals surface area contributed by atoms with Gasteiger partial charge in [0.25, 0.3) is 5.91 Å². The van der Waals surface area contributed by atoms with Gasteiger partial charge in [0.15, 0.2) is 0 Å². The molecule has 0 aliphatic heterocycles. The molecule has 3 N–H and O–H groups in total. The largest absolute Gasteiger partial charge is 0.478 e. The van der Waals surface area contributed by atoms with Crippen LogP contribution in [0.15, 0.2) is 48.5 Å². The number of hydrogen-bond acceptors (Lipinski definition) is 3. The van der Waals surface area contributed by atoms with Gasteiger partial charge >= 0.3 is 5.97 Å². The second-order valence-corrected chi connectivity index (χ2v) is 7.57. The van der Waals surface area contributed by atoms with Crippen molar-refractivity contribution in [1.29, 1.82) is 0 Å². The van der Waals surface area contributed by atoms with Crippen LogP contribution in [0.1, 0.15) is 57.5 Å². The van der Waals surface area contributed by atoms with E-state index in [9.17, 15) is 14.7 Å². The summed E-state index contributed by atoms with van der Waals surface area (Å²) in [6.07, 6.45) is 5.62. The predicted molar refractivity (Wildman–Crippen MR) is 108 cm³/mol. The number of hydrogen-bond donors (Lipinski definition) is 3. The molecule has 0 saturated heterocycles. The fraction of sp³-hybridized carbons (Fsp3) is 0.391. The number of carbonyl (C=O) groups excluding carboxylic acids is 1. The maximum absolute atomic E-state index is 12.1. The van der Waals surface area contributed by atoms with E-state index >= 15 is 0 Å². The Labute approximate surface area is 165 Å². The summed E-state index contributed by atoms with van der Waals surface area (Å²) in [7, 11) is 0. The van der Waals surface area contributed by atoms with Crippen LogP contribution in [0.4, 0.5) is 0 Å². The topological polar surface area (TPSA) is 86.6 Å². The number of aromatic carboxylic acids is 1. The van der Waals surface area contributed by atoms with Crippen molar-refractivity contribution in [1.82, 2.24) is 5.32 Å². The van der Waals surface area contributed by atoms with E-state index in [-0.39, 0.29) is 18.0 Å². The Morgan fingerprint density at radius 2 is 1.57 bits per heavy atom. The molecule has 1 unspecified atom stereocenters. The fourth-order valence-electron chi connectivity index (χ4n) is 3.85. The average molecular weight is 381 g/mol. The molecule has 0 aromatic heterocycles. The number of rotatable bonds is 9. The van der Waals surface area contributed by atoms with Crippen molar-refractivity contribution < 1.29 is 19.8 Å². The van der Waals surface area contributed by atoms with Gasteiger partial charge in [0.1, 0.15) is 0 Å². The first-order valence-corrected chi connectivity index (χ1v) is 9.89. The second-order valence-electron chi connectivity index (χ2n) is 7.57. The van der Waals surface area contributed by atoms with Crippen LogP contribution in [0.3, 0.4) is 0 Å². The molecule has 0 heterocycles. The first-order chi connectivity index (χ1) is 13.5. The Hall–Kier alpha value is -2.66. The molecular formula is C23H27NO4. The molecule has 1 aliphatic rings. The van der Waals surface area contributed by atoms with Crippen LogP contribution < -0.4 is 5.32 Å². The van der Waals surface area contributed by atoms with Crippen LogP contribution in [0, 0.1) is 5.92 Å². The summed E-state index contributed by atoms with van der Waals surface area (Å²) in [5.41, 5.74) is 3.48. The Morgan fingerprint density at radius 3 is 2.18 bits per heavy atom. The van der Waals surface area contributed by atoms with Crippen molar-refractivity contribution in [3.05, 3.63) is 70.8 Å². The Kier molecular flexibility index (Phi) is 6.82. The number of carboxylic acids is 1. The zero-order chi connectivity index (χ0) is 19.9. The van der Waals surface area contributed by atoms with E-state index in [4.69, 9.17) is 5.11 Å². The summed E-state index contributed by atoms with van der Waals surface area (Å²) in [5.74, 6) is -0.619. The number of unbranched alkanes of at least 4 members (excludes halogenated alkanes) is 1. The molecular weight excluding hydrogens is 354 g/mol. The molecule has 1 amide bonds. The van der Waals surface area contributed by atoms with Crippen LogP contribution in [0.25, 0.3) is 0 Å². The number of aliphatic hydroxyl groups is 1. The van der Waals surface area contributed by atoms with Gasteiger partial charge in [-0.3, -0.25) is 4.79 Å². The minimum absolute atomic E-state index is 0.141. The summed E-state index contributed by atoms with van der Waals surface area (Å²) in [4.78, 5) is 22.9. The van der Waals surface area contributed by atoms with Gasteiger partial charge in [0.05, 0.1) is 11.7 Å². The highest BCUT2D eigenvalue weighted by Crippen LogP contribution is 2.29. The van der Waals surface area contributed by atoms with Gasteiger partial charge in [0.2, 0.25) is 0 Å². The Bertz CT molecular complexity index is 791. The van der Waals surface area contributed by atoms with Crippen LogP contribution in [-0.2, 0) is 12.8 Å². The maximum atomic E-state index is 12.1. The quantitative estimate of drug-likeness (QED) is 0.581. The summed E-state index contributed by atoms with van der Waals surface area (Å²) in [6.45, 7) is 0.203. The molecule has 5 nitrogen and oxygen atoms in total. The molecule has 0 spiro atoms. The number of nitrogens with one attached hydrogen (secondary N) is 1. The SMILES string of the molecule is O=C(O)c1ccc(C(=O)NCC(O)CCCCC2Cc3ccccc3C2)cc1. The fourth-order valence-corrected chi connectivity index (χ4v) is 3.85. The number of amides is 1. The number of aliphatic hydroxyl groups excluding tert-OH is 1. The van der Waals surface area contributed by atoms with Crippen molar-refractivity contribution in [3.63, 3.8) is 0 Å². The first kappa shape index (κ1) is 20.1. The first-order valence-electron chi connectivity index (χ1n) is 9.89. The molecule has 5 heteroatoms. The minimum Gasteiger partial charge on any atom is -0.478 e. The minimum atomic E-state index is -1.02. The van der Waals surface area contributed by atoms with Crippen molar-refractivity contribution >= 4 is 11.9 Å². The standard InChI is InChI=1S/C23H27NO4/c25-21(15-24-22(26)17-9-11-18(12-10-17)23(27)28)8-4-1-5-16-13-19-6-2-3-7-20(19)14-16/h2-3,6-7,9-12,16,21,25H,1,4-5,8,13-15H2,(H,24,26)(H,27,28). The molecule has 3 rings (SSSR count). The molecule has 0 bridgehead atoms. The summed E-state index contributed by atoms with van der Waals surface area (Å²) < 4.78 is 0. The summed E-state index contributed by atoms with van der Waals surface area (Å²) in [5, 5.41) is 21.7. The normalized spacial score (nSPS) is 14.5. The second kappa shape index (κ2) is 9.51. The van der Waals surface area contributed by atoms with E-state index in [1.165, 1.54) is 41.8 Å². The number of benzene rings is 2. The van der Waals surface area contributed by atoms with Gasteiger partial charge < -0.3 is 15.5 Å². The smallest absolute Gasteiger partial charge is 0.335 e. The molecule has 1 atom stereocenters. The van der Waals surface area contributed by atoms with E-state index < -0.39 is 12.1 Å². The highest BCUT2D eigenvalue weighted by atomic mass is 16.4. The molecule has 28 heavy (non-hydrogen) atoms. The Morgan fingerprint density at radius 1 is 0.964 bits per heavy atom. The third kappa shape index (κ3) is 5.42. The molecule has 2 aromatic rings. The number of carbonyl (C=O) groups is 2. The van der Waals surface area contributed by atoms with E-state index in [0.29, 0.717) is 17.9 Å². The molecule has 0 saturated carbocycles. The van der Waals surface area contributed by atoms with E-state index in [1.807, 2.05) is 0 Å². The van der Waals surface area contributed by atoms with Crippen molar-refractivity contribution in [3.8, 4) is 0 Å². The molecule has 0 fully saturated rings. The van der Waals surface area contributed by atoms with Gasteiger partial charge in [-0.25, -0.2) is 4.79 Å². The molecule has 148 valence electrons. The lowest BCUT2D eigenvalue weighted by Crippen LogP contribution is -2.32. The monoisotopic (exact) mass is 381 g/mol. The molecule has 0 radical (unpaired) electrons. The van der Waals surface area contributed by atoms with Crippen molar-refractivity contribution in [2.45, 2.75) is 44.6 Å². The van der Waals surface area contributed by atoms with Crippen molar-refractivity contribution in [2.24, 2.45) is 5.92 Å². The third-order valence-electron chi connectivity index (χ3n) is 5.43. The van der Waals surface area contributed by atoms with Crippen molar-refractivity contribution in [2.75, 3.05) is 6.54 Å². The van der Waals surface area contributed by atoms with E-state index in [1.54, 1.807) is 0 Å². The lowest BCUT2D eigenvalue weighted by Gasteiger charge is -2.13. The zero-order valence-electron chi connectivity index (χ0n) is 15.9. The van der Waals surface area contributed by atoms with E-state index in [0.717, 1.165) is 25.7 Å².